The van der Waals surface area contributed by atoms with Crippen LogP contribution in [0.25, 0.3) is 0 Å². The molecular weight excluding hydrogens is 392 g/mol. The van der Waals surface area contributed by atoms with Gasteiger partial charge in [0.15, 0.2) is 0 Å². The van der Waals surface area contributed by atoms with Gasteiger partial charge in [-0.1, -0.05) is 48.5 Å². The van der Waals surface area contributed by atoms with Crippen LogP contribution in [0.5, 0.6) is 0 Å². The summed E-state index contributed by atoms with van der Waals surface area (Å²) in [6.07, 6.45) is -3.48. The monoisotopic (exact) mass is 410 g/mol. The summed E-state index contributed by atoms with van der Waals surface area (Å²) in [5.41, 5.74) is -1.63. The van der Waals surface area contributed by atoms with E-state index < -0.39 is 67.1 Å². The van der Waals surface area contributed by atoms with Gasteiger partial charge in [-0.3, -0.25) is 4.39 Å². The van der Waals surface area contributed by atoms with E-state index in [1.807, 2.05) is 0 Å². The fraction of sp³-hybridized carbons (Fsp3) is 0.400. The van der Waals surface area contributed by atoms with Gasteiger partial charge in [-0.05, 0) is 5.56 Å². The Balaban J connectivity index is 2.09. The average molecular weight is 410 g/mol. The van der Waals surface area contributed by atoms with E-state index in [1.54, 1.807) is 0 Å². The molecule has 0 aliphatic heterocycles. The second-order valence-corrected chi connectivity index (χ2v) is 6.46. The first-order chi connectivity index (χ1) is 13.0. The molecule has 0 aromatic heterocycles. The molecule has 0 spiro atoms. The lowest BCUT2D eigenvalue weighted by atomic mass is 9.95. The number of rotatable bonds is 9. The summed E-state index contributed by atoms with van der Waals surface area (Å²) >= 11 is 0. The van der Waals surface area contributed by atoms with Crippen molar-refractivity contribution in [1.29, 1.82) is 0 Å². The Morgan fingerprint density at radius 1 is 0.500 bits per heavy atom. The highest BCUT2D eigenvalue weighted by Gasteiger charge is 2.39. The summed E-state index contributed by atoms with van der Waals surface area (Å²) in [6.45, 7) is -2.10. The van der Waals surface area contributed by atoms with Crippen LogP contribution in [0.4, 0.5) is 35.1 Å². The van der Waals surface area contributed by atoms with Gasteiger partial charge in [0, 0.05) is 36.0 Å². The predicted molar refractivity (Wildman–Crippen MR) is 89.2 cm³/mol. The summed E-state index contributed by atoms with van der Waals surface area (Å²) in [5, 5.41) is 0. The van der Waals surface area contributed by atoms with Crippen molar-refractivity contribution >= 4 is 0 Å². The molecule has 8 heteroatoms. The van der Waals surface area contributed by atoms with Gasteiger partial charge in [-0.2, -0.15) is 0 Å². The fourth-order valence-electron chi connectivity index (χ4n) is 2.66. The second kappa shape index (κ2) is 8.49. The van der Waals surface area contributed by atoms with Crippen LogP contribution in [0.15, 0.2) is 48.5 Å². The first kappa shape index (κ1) is 22.2. The molecule has 0 atom stereocenters. The third-order valence-corrected chi connectivity index (χ3v) is 4.42. The standard InChI is InChI=1S/C20H18F8/c21-12-11-20(27,28)17-7-5-16(6-8-17)19(25,26)10-9-18(23,24)15-3-1-14(13-22)2-4-15/h1-8H,9-13H2. The smallest absolute Gasteiger partial charge is 0.251 e. The molecule has 154 valence electrons. The number of hydrogen-bond donors (Lipinski definition) is 0. The maximum absolute atomic E-state index is 14.3. The highest BCUT2D eigenvalue weighted by atomic mass is 19.3. The molecule has 0 nitrogen and oxygen atoms in total. The van der Waals surface area contributed by atoms with Crippen molar-refractivity contribution in [2.24, 2.45) is 0 Å². The molecule has 0 aliphatic rings. The molecule has 2 aromatic carbocycles. The van der Waals surface area contributed by atoms with Crippen LogP contribution < -0.4 is 0 Å². The largest absolute Gasteiger partial charge is 0.275 e. The Labute approximate surface area is 157 Å². The van der Waals surface area contributed by atoms with Crippen LogP contribution in [0.2, 0.25) is 0 Å². The van der Waals surface area contributed by atoms with Crippen molar-refractivity contribution in [3.05, 3.63) is 70.8 Å². The fourth-order valence-corrected chi connectivity index (χ4v) is 2.66. The molecule has 0 saturated carbocycles. The quantitative estimate of drug-likeness (QED) is 0.381. The van der Waals surface area contributed by atoms with Crippen molar-refractivity contribution in [2.75, 3.05) is 6.67 Å². The lowest BCUT2D eigenvalue weighted by Crippen LogP contribution is -2.21. The summed E-state index contributed by atoms with van der Waals surface area (Å²) in [5.74, 6) is -10.7. The molecule has 0 radical (unpaired) electrons. The van der Waals surface area contributed by atoms with E-state index in [-0.39, 0.29) is 5.56 Å². The van der Waals surface area contributed by atoms with Crippen LogP contribution in [-0.4, -0.2) is 6.67 Å². The Kier molecular flexibility index (Phi) is 6.72. The minimum absolute atomic E-state index is 0.189. The van der Waals surface area contributed by atoms with Crippen molar-refractivity contribution in [3.8, 4) is 0 Å². The third-order valence-electron chi connectivity index (χ3n) is 4.42. The van der Waals surface area contributed by atoms with Gasteiger partial charge >= 0.3 is 0 Å². The van der Waals surface area contributed by atoms with Gasteiger partial charge in [0.1, 0.15) is 6.67 Å². The van der Waals surface area contributed by atoms with E-state index in [2.05, 4.69) is 0 Å². The molecule has 0 aliphatic carbocycles. The highest BCUT2D eigenvalue weighted by molar-refractivity contribution is 5.29. The predicted octanol–water partition coefficient (Wildman–Crippen LogP) is 7.27. The van der Waals surface area contributed by atoms with E-state index in [0.29, 0.717) is 0 Å². The topological polar surface area (TPSA) is 0 Å². The summed E-state index contributed by atoms with van der Waals surface area (Å²) < 4.78 is 109. The lowest BCUT2D eigenvalue weighted by Gasteiger charge is -2.22. The van der Waals surface area contributed by atoms with Crippen molar-refractivity contribution in [3.63, 3.8) is 0 Å². The molecule has 28 heavy (non-hydrogen) atoms. The molecule has 0 heterocycles. The minimum Gasteiger partial charge on any atom is -0.251 e. The zero-order valence-corrected chi connectivity index (χ0v) is 14.7. The van der Waals surface area contributed by atoms with Gasteiger partial charge < -0.3 is 0 Å². The number of benzene rings is 2. The minimum atomic E-state index is -3.67. The van der Waals surface area contributed by atoms with Crippen LogP contribution in [0, 0.1) is 0 Å². The normalized spacial score (nSPS) is 13.0. The van der Waals surface area contributed by atoms with E-state index in [0.717, 1.165) is 48.5 Å². The summed E-state index contributed by atoms with van der Waals surface area (Å²) in [6, 6.07) is 7.21. The zero-order chi connectivity index (χ0) is 21.0. The number of alkyl halides is 8. The van der Waals surface area contributed by atoms with Crippen molar-refractivity contribution in [1.82, 2.24) is 0 Å². The summed E-state index contributed by atoms with van der Waals surface area (Å²) in [7, 11) is 0. The molecule has 2 aromatic rings. The Bertz CT molecular complexity index is 751. The first-order valence-corrected chi connectivity index (χ1v) is 8.48. The molecular formula is C20H18F8. The van der Waals surface area contributed by atoms with Gasteiger partial charge in [0.05, 0.1) is 6.67 Å². The van der Waals surface area contributed by atoms with Gasteiger partial charge in [0.25, 0.3) is 17.8 Å². The first-order valence-electron chi connectivity index (χ1n) is 8.48. The van der Waals surface area contributed by atoms with Crippen LogP contribution in [-0.2, 0) is 24.4 Å². The molecule has 0 unspecified atom stereocenters. The highest BCUT2D eigenvalue weighted by Crippen LogP contribution is 2.41. The SMILES string of the molecule is FCCC(F)(F)c1ccc(C(F)(F)CCC(F)(F)c2ccc(CF)cc2)cc1. The van der Waals surface area contributed by atoms with Gasteiger partial charge in [0.2, 0.25) is 0 Å². The molecule has 0 saturated heterocycles. The van der Waals surface area contributed by atoms with Gasteiger partial charge in [-0.15, -0.1) is 0 Å². The Morgan fingerprint density at radius 2 is 0.821 bits per heavy atom. The molecule has 0 amide bonds. The summed E-state index contributed by atoms with van der Waals surface area (Å²) in [4.78, 5) is 0. The van der Waals surface area contributed by atoms with Crippen LogP contribution >= 0.6 is 0 Å². The average Bonchev–Trinajstić information content (AvgIpc) is 2.67. The second-order valence-electron chi connectivity index (χ2n) is 6.46. The van der Waals surface area contributed by atoms with Crippen LogP contribution in [0.1, 0.15) is 41.5 Å². The molecule has 0 fully saturated rings. The van der Waals surface area contributed by atoms with E-state index in [1.165, 1.54) is 0 Å². The maximum atomic E-state index is 14.3. The van der Waals surface area contributed by atoms with Crippen molar-refractivity contribution in [2.45, 2.75) is 43.7 Å². The number of halogens is 8. The van der Waals surface area contributed by atoms with Gasteiger partial charge in [-0.25, -0.2) is 30.7 Å². The van der Waals surface area contributed by atoms with E-state index in [9.17, 15) is 35.1 Å². The molecule has 2 rings (SSSR count). The third kappa shape index (κ3) is 5.23. The molecule has 0 bridgehead atoms. The Morgan fingerprint density at radius 3 is 1.14 bits per heavy atom. The lowest BCUT2D eigenvalue weighted by molar-refractivity contribution is -0.0704. The van der Waals surface area contributed by atoms with Crippen LogP contribution in [0.3, 0.4) is 0 Å². The maximum Gasteiger partial charge on any atom is 0.275 e. The zero-order valence-electron chi connectivity index (χ0n) is 14.7. The molecule has 0 N–H and O–H groups in total. The number of hydrogen-bond acceptors (Lipinski definition) is 0. The Hall–Kier alpha value is -2.12. The van der Waals surface area contributed by atoms with E-state index >= 15 is 0 Å². The van der Waals surface area contributed by atoms with Crippen molar-refractivity contribution < 1.29 is 35.1 Å². The van der Waals surface area contributed by atoms with E-state index in [4.69, 9.17) is 0 Å².